The number of fused-ring (bicyclic) bond motifs is 1. The van der Waals surface area contributed by atoms with Crippen LogP contribution in [0, 0.1) is 13.8 Å². The third-order valence-electron chi connectivity index (χ3n) is 6.64. The van der Waals surface area contributed by atoms with Crippen molar-refractivity contribution in [3.05, 3.63) is 76.5 Å². The van der Waals surface area contributed by atoms with Gasteiger partial charge in [0.2, 0.25) is 0 Å². The van der Waals surface area contributed by atoms with Gasteiger partial charge in [0.15, 0.2) is 0 Å². The fourth-order valence-electron chi connectivity index (χ4n) is 4.78. The maximum atomic E-state index is 5.14. The van der Waals surface area contributed by atoms with Crippen LogP contribution in [0.4, 0.5) is 5.82 Å². The normalized spacial score (nSPS) is 17.3. The summed E-state index contributed by atoms with van der Waals surface area (Å²) in [6, 6.07) is 17.5. The SMILES string of the molecule is Cc1ccc(-n2nc(C3CCN(Cc4ccccc4)CC3)c3c2NCC3)cc1C. The van der Waals surface area contributed by atoms with E-state index in [2.05, 4.69) is 77.3 Å². The highest BCUT2D eigenvalue weighted by Crippen LogP contribution is 2.37. The highest BCUT2D eigenvalue weighted by molar-refractivity contribution is 5.58. The van der Waals surface area contributed by atoms with E-state index >= 15 is 0 Å². The Labute approximate surface area is 173 Å². The molecule has 0 aliphatic carbocycles. The fourth-order valence-corrected chi connectivity index (χ4v) is 4.78. The molecular weight excluding hydrogens is 356 g/mol. The van der Waals surface area contributed by atoms with Crippen LogP contribution in [0.3, 0.4) is 0 Å². The van der Waals surface area contributed by atoms with Crippen molar-refractivity contribution in [3.8, 4) is 5.69 Å². The van der Waals surface area contributed by atoms with Crippen molar-refractivity contribution in [3.63, 3.8) is 0 Å². The number of likely N-dealkylation sites (tertiary alicyclic amines) is 1. The molecule has 2 aliphatic rings. The second kappa shape index (κ2) is 7.68. The van der Waals surface area contributed by atoms with Gasteiger partial charge in [-0.05, 0) is 75.0 Å². The van der Waals surface area contributed by atoms with Gasteiger partial charge in [-0.25, -0.2) is 4.68 Å². The molecule has 0 bridgehead atoms. The van der Waals surface area contributed by atoms with Crippen LogP contribution in [0.1, 0.15) is 46.7 Å². The Kier molecular flexibility index (Phi) is 4.88. The zero-order valence-corrected chi connectivity index (χ0v) is 17.5. The van der Waals surface area contributed by atoms with Gasteiger partial charge in [-0.3, -0.25) is 4.90 Å². The van der Waals surface area contributed by atoms with Crippen LogP contribution in [0.5, 0.6) is 0 Å². The van der Waals surface area contributed by atoms with Crippen molar-refractivity contribution >= 4 is 5.82 Å². The van der Waals surface area contributed by atoms with Crippen LogP contribution in [0.25, 0.3) is 5.69 Å². The van der Waals surface area contributed by atoms with E-state index in [0.717, 1.165) is 32.6 Å². The minimum atomic E-state index is 0.573. The Bertz CT molecular complexity index is 997. The summed E-state index contributed by atoms with van der Waals surface area (Å²) in [5, 5.41) is 8.73. The summed E-state index contributed by atoms with van der Waals surface area (Å²) >= 11 is 0. The Morgan fingerprint density at radius 2 is 1.79 bits per heavy atom. The van der Waals surface area contributed by atoms with Gasteiger partial charge in [0, 0.05) is 24.6 Å². The monoisotopic (exact) mass is 386 g/mol. The molecule has 1 N–H and O–H groups in total. The number of anilines is 1. The summed E-state index contributed by atoms with van der Waals surface area (Å²) in [5.41, 5.74) is 8.02. The number of rotatable bonds is 4. The summed E-state index contributed by atoms with van der Waals surface area (Å²) in [7, 11) is 0. The van der Waals surface area contributed by atoms with Crippen molar-refractivity contribution < 1.29 is 0 Å². The molecule has 0 radical (unpaired) electrons. The van der Waals surface area contributed by atoms with Gasteiger partial charge < -0.3 is 5.32 Å². The van der Waals surface area contributed by atoms with E-state index in [1.165, 1.54) is 52.3 Å². The topological polar surface area (TPSA) is 33.1 Å². The summed E-state index contributed by atoms with van der Waals surface area (Å²) in [6.07, 6.45) is 3.49. The predicted octanol–water partition coefficient (Wildman–Crippen LogP) is 4.84. The van der Waals surface area contributed by atoms with Gasteiger partial charge >= 0.3 is 0 Å². The van der Waals surface area contributed by atoms with Crippen molar-refractivity contribution in [2.75, 3.05) is 25.0 Å². The molecule has 1 saturated heterocycles. The molecule has 0 saturated carbocycles. The predicted molar refractivity (Wildman–Crippen MR) is 119 cm³/mol. The van der Waals surface area contributed by atoms with Gasteiger partial charge in [-0.2, -0.15) is 5.10 Å². The second-order valence-corrected chi connectivity index (χ2v) is 8.61. The molecule has 0 unspecified atom stereocenters. The number of nitrogens with one attached hydrogen (secondary N) is 1. The molecule has 2 aliphatic heterocycles. The average molecular weight is 387 g/mol. The molecule has 2 aromatic carbocycles. The van der Waals surface area contributed by atoms with Crippen LogP contribution in [0.15, 0.2) is 48.5 Å². The minimum Gasteiger partial charge on any atom is -0.369 e. The molecule has 0 atom stereocenters. The van der Waals surface area contributed by atoms with Crippen LogP contribution >= 0.6 is 0 Å². The summed E-state index contributed by atoms with van der Waals surface area (Å²) in [5.74, 6) is 1.79. The third-order valence-corrected chi connectivity index (χ3v) is 6.64. The molecule has 0 spiro atoms. The lowest BCUT2D eigenvalue weighted by atomic mass is 9.90. The number of benzene rings is 2. The quantitative estimate of drug-likeness (QED) is 0.697. The first-order chi connectivity index (χ1) is 14.2. The number of hydrogen-bond donors (Lipinski definition) is 1. The van der Waals surface area contributed by atoms with Gasteiger partial charge in [-0.15, -0.1) is 0 Å². The van der Waals surface area contributed by atoms with Crippen molar-refractivity contribution in [2.45, 2.75) is 45.6 Å². The average Bonchev–Trinajstić information content (AvgIpc) is 3.35. The van der Waals surface area contributed by atoms with Crippen molar-refractivity contribution in [2.24, 2.45) is 0 Å². The maximum Gasteiger partial charge on any atom is 0.133 e. The van der Waals surface area contributed by atoms with Crippen LogP contribution in [-0.2, 0) is 13.0 Å². The Balaban J connectivity index is 1.35. The molecule has 4 nitrogen and oxygen atoms in total. The summed E-state index contributed by atoms with van der Waals surface area (Å²) in [4.78, 5) is 2.59. The number of aromatic nitrogens is 2. The zero-order valence-electron chi connectivity index (χ0n) is 17.5. The first-order valence-corrected chi connectivity index (χ1v) is 10.9. The van der Waals surface area contributed by atoms with E-state index in [0.29, 0.717) is 5.92 Å². The minimum absolute atomic E-state index is 0.573. The van der Waals surface area contributed by atoms with Gasteiger partial charge in [0.1, 0.15) is 5.82 Å². The molecule has 1 fully saturated rings. The van der Waals surface area contributed by atoms with Crippen LogP contribution in [0.2, 0.25) is 0 Å². The third kappa shape index (κ3) is 3.58. The lowest BCUT2D eigenvalue weighted by Gasteiger charge is -2.31. The second-order valence-electron chi connectivity index (χ2n) is 8.61. The number of hydrogen-bond acceptors (Lipinski definition) is 3. The highest BCUT2D eigenvalue weighted by atomic mass is 15.3. The Hall–Kier alpha value is -2.59. The zero-order chi connectivity index (χ0) is 19.8. The highest BCUT2D eigenvalue weighted by Gasteiger charge is 2.30. The van der Waals surface area contributed by atoms with E-state index in [9.17, 15) is 0 Å². The van der Waals surface area contributed by atoms with Crippen molar-refractivity contribution in [1.82, 2.24) is 14.7 Å². The van der Waals surface area contributed by atoms with Gasteiger partial charge in [0.05, 0.1) is 11.4 Å². The number of nitrogens with zero attached hydrogens (tertiary/aromatic N) is 3. The molecule has 150 valence electrons. The van der Waals surface area contributed by atoms with E-state index in [-0.39, 0.29) is 0 Å². The summed E-state index contributed by atoms with van der Waals surface area (Å²) in [6.45, 7) is 8.73. The maximum absolute atomic E-state index is 5.14. The molecule has 1 aromatic heterocycles. The van der Waals surface area contributed by atoms with E-state index in [1.807, 2.05) is 0 Å². The van der Waals surface area contributed by atoms with E-state index < -0.39 is 0 Å². The first-order valence-electron chi connectivity index (χ1n) is 10.9. The molecule has 4 heteroatoms. The summed E-state index contributed by atoms with van der Waals surface area (Å²) < 4.78 is 2.15. The molecule has 0 amide bonds. The Morgan fingerprint density at radius 1 is 1.00 bits per heavy atom. The number of piperidine rings is 1. The van der Waals surface area contributed by atoms with Gasteiger partial charge in [-0.1, -0.05) is 36.4 Å². The number of aryl methyl sites for hydroxylation is 2. The van der Waals surface area contributed by atoms with Crippen LogP contribution in [-0.4, -0.2) is 34.3 Å². The lowest BCUT2D eigenvalue weighted by molar-refractivity contribution is 0.203. The molecule has 29 heavy (non-hydrogen) atoms. The first kappa shape index (κ1) is 18.4. The van der Waals surface area contributed by atoms with Crippen LogP contribution < -0.4 is 5.32 Å². The standard InChI is InChI=1S/C25H30N4/c1-18-8-9-22(16-19(18)2)29-25-23(10-13-26-25)24(27-29)21-11-14-28(15-12-21)17-20-6-4-3-5-7-20/h3-9,16,21,26H,10-15,17H2,1-2H3. The van der Waals surface area contributed by atoms with Crippen molar-refractivity contribution in [1.29, 1.82) is 0 Å². The van der Waals surface area contributed by atoms with E-state index in [1.54, 1.807) is 0 Å². The molecule has 3 aromatic rings. The fraction of sp³-hybridized carbons (Fsp3) is 0.400. The molecular formula is C25H30N4. The largest absolute Gasteiger partial charge is 0.369 e. The Morgan fingerprint density at radius 3 is 2.55 bits per heavy atom. The molecule has 3 heterocycles. The smallest absolute Gasteiger partial charge is 0.133 e. The van der Waals surface area contributed by atoms with Gasteiger partial charge in [0.25, 0.3) is 0 Å². The van der Waals surface area contributed by atoms with E-state index in [4.69, 9.17) is 5.10 Å². The molecule has 5 rings (SSSR count). The lowest BCUT2D eigenvalue weighted by Crippen LogP contribution is -2.32.